The molecule has 1 heterocycles. The van der Waals surface area contributed by atoms with Gasteiger partial charge in [0.1, 0.15) is 0 Å². The standard InChI is InChI=1S/C11H16N2O2S.ClH/c1-7(12-3)5-13-11(15)10-4-9(6-16-10)8(2)14;/h4,6-7,12H,5H2,1-3H3,(H,13,15);1H. The van der Waals surface area contributed by atoms with E-state index in [1.54, 1.807) is 11.4 Å². The van der Waals surface area contributed by atoms with Crippen molar-refractivity contribution >= 4 is 35.4 Å². The quantitative estimate of drug-likeness (QED) is 0.805. The van der Waals surface area contributed by atoms with Crippen molar-refractivity contribution in [3.8, 4) is 0 Å². The van der Waals surface area contributed by atoms with Crippen molar-refractivity contribution in [2.24, 2.45) is 0 Å². The molecule has 0 aliphatic rings. The lowest BCUT2D eigenvalue weighted by molar-refractivity contribution is 0.0954. The Morgan fingerprint density at radius 2 is 2.12 bits per heavy atom. The number of hydrogen-bond acceptors (Lipinski definition) is 4. The molecular formula is C11H17ClN2O2S. The second-order valence-corrected chi connectivity index (χ2v) is 4.57. The van der Waals surface area contributed by atoms with Crippen molar-refractivity contribution < 1.29 is 9.59 Å². The number of amides is 1. The summed E-state index contributed by atoms with van der Waals surface area (Å²) >= 11 is 1.29. The molecular weight excluding hydrogens is 260 g/mol. The fraction of sp³-hybridized carbons (Fsp3) is 0.455. The van der Waals surface area contributed by atoms with Crippen molar-refractivity contribution in [2.45, 2.75) is 19.9 Å². The first-order valence-electron chi connectivity index (χ1n) is 5.09. The summed E-state index contributed by atoms with van der Waals surface area (Å²) in [5.74, 6) is -0.140. The largest absolute Gasteiger partial charge is 0.350 e. The lowest BCUT2D eigenvalue weighted by Crippen LogP contribution is -2.36. The summed E-state index contributed by atoms with van der Waals surface area (Å²) in [5, 5.41) is 7.54. The van der Waals surface area contributed by atoms with E-state index in [0.717, 1.165) is 0 Å². The van der Waals surface area contributed by atoms with Crippen LogP contribution in [0, 0.1) is 0 Å². The Balaban J connectivity index is 0.00000256. The van der Waals surface area contributed by atoms with E-state index in [-0.39, 0.29) is 30.1 Å². The number of Topliss-reactive ketones (excluding diaryl/α,β-unsaturated/α-hetero) is 1. The van der Waals surface area contributed by atoms with Crippen molar-refractivity contribution in [1.29, 1.82) is 0 Å². The number of rotatable bonds is 5. The van der Waals surface area contributed by atoms with Gasteiger partial charge >= 0.3 is 0 Å². The molecule has 4 nitrogen and oxygen atoms in total. The van der Waals surface area contributed by atoms with Gasteiger partial charge < -0.3 is 10.6 Å². The van der Waals surface area contributed by atoms with Gasteiger partial charge in [-0.1, -0.05) is 0 Å². The minimum absolute atomic E-state index is 0. The van der Waals surface area contributed by atoms with Crippen LogP contribution in [0.3, 0.4) is 0 Å². The molecule has 0 saturated carbocycles. The first-order valence-corrected chi connectivity index (χ1v) is 5.97. The van der Waals surface area contributed by atoms with Gasteiger partial charge in [-0.2, -0.15) is 0 Å². The summed E-state index contributed by atoms with van der Waals surface area (Å²) in [6.07, 6.45) is 0. The lowest BCUT2D eigenvalue weighted by Gasteiger charge is -2.10. The first kappa shape index (κ1) is 16.1. The highest BCUT2D eigenvalue weighted by atomic mass is 35.5. The molecule has 1 aromatic rings. The van der Waals surface area contributed by atoms with Crippen LogP contribution in [0.15, 0.2) is 11.4 Å². The third-order valence-electron chi connectivity index (χ3n) is 2.29. The van der Waals surface area contributed by atoms with Crippen LogP contribution in [-0.2, 0) is 0 Å². The summed E-state index contributed by atoms with van der Waals surface area (Å²) in [6.45, 7) is 4.05. The van der Waals surface area contributed by atoms with E-state index in [1.165, 1.54) is 18.3 Å². The maximum absolute atomic E-state index is 11.7. The van der Waals surface area contributed by atoms with Gasteiger partial charge in [0, 0.05) is 23.5 Å². The molecule has 1 rings (SSSR count). The van der Waals surface area contributed by atoms with Gasteiger partial charge in [0.2, 0.25) is 0 Å². The van der Waals surface area contributed by atoms with Crippen LogP contribution in [0.5, 0.6) is 0 Å². The normalized spacial score (nSPS) is 11.5. The molecule has 1 atom stereocenters. The van der Waals surface area contributed by atoms with Crippen LogP contribution in [0.1, 0.15) is 33.9 Å². The predicted molar refractivity (Wildman–Crippen MR) is 72.4 cm³/mol. The molecule has 0 aliphatic carbocycles. The fourth-order valence-electron chi connectivity index (χ4n) is 1.07. The van der Waals surface area contributed by atoms with E-state index in [9.17, 15) is 9.59 Å². The van der Waals surface area contributed by atoms with Gasteiger partial charge in [-0.3, -0.25) is 9.59 Å². The Hall–Kier alpha value is -0.910. The highest BCUT2D eigenvalue weighted by molar-refractivity contribution is 7.12. The summed E-state index contributed by atoms with van der Waals surface area (Å²) < 4.78 is 0. The maximum Gasteiger partial charge on any atom is 0.261 e. The smallest absolute Gasteiger partial charge is 0.261 e. The summed E-state index contributed by atoms with van der Waals surface area (Å²) in [7, 11) is 1.84. The van der Waals surface area contributed by atoms with Gasteiger partial charge in [0.15, 0.2) is 5.78 Å². The van der Waals surface area contributed by atoms with Crippen LogP contribution in [0.4, 0.5) is 0 Å². The topological polar surface area (TPSA) is 58.2 Å². The third-order valence-corrected chi connectivity index (χ3v) is 3.22. The second kappa shape index (κ2) is 7.42. The average molecular weight is 277 g/mol. The van der Waals surface area contributed by atoms with Crippen LogP contribution in [-0.4, -0.2) is 31.3 Å². The molecule has 2 N–H and O–H groups in total. The van der Waals surface area contributed by atoms with E-state index < -0.39 is 0 Å². The Kier molecular flexibility index (Phi) is 7.03. The molecule has 0 fully saturated rings. The van der Waals surface area contributed by atoms with E-state index in [1.807, 2.05) is 14.0 Å². The van der Waals surface area contributed by atoms with E-state index in [2.05, 4.69) is 10.6 Å². The highest BCUT2D eigenvalue weighted by Crippen LogP contribution is 2.14. The van der Waals surface area contributed by atoms with Crippen molar-refractivity contribution in [3.63, 3.8) is 0 Å². The van der Waals surface area contributed by atoms with Crippen LogP contribution < -0.4 is 10.6 Å². The predicted octanol–water partition coefficient (Wildman–Crippen LogP) is 1.71. The van der Waals surface area contributed by atoms with Crippen molar-refractivity contribution in [2.75, 3.05) is 13.6 Å². The Bertz CT molecular complexity index is 393. The fourth-order valence-corrected chi connectivity index (χ4v) is 1.94. The zero-order valence-electron chi connectivity index (χ0n) is 10.1. The average Bonchev–Trinajstić information content (AvgIpc) is 2.74. The number of likely N-dealkylation sites (N-methyl/N-ethyl adjacent to an activating group) is 1. The number of carbonyl (C=O) groups is 2. The van der Waals surface area contributed by atoms with Crippen LogP contribution >= 0.6 is 23.7 Å². The zero-order valence-corrected chi connectivity index (χ0v) is 11.7. The Morgan fingerprint density at radius 1 is 1.47 bits per heavy atom. The molecule has 6 heteroatoms. The number of carbonyl (C=O) groups excluding carboxylic acids is 2. The monoisotopic (exact) mass is 276 g/mol. The minimum Gasteiger partial charge on any atom is -0.350 e. The molecule has 0 radical (unpaired) electrons. The van der Waals surface area contributed by atoms with E-state index >= 15 is 0 Å². The molecule has 1 aromatic heterocycles. The molecule has 0 aromatic carbocycles. The molecule has 1 unspecified atom stereocenters. The molecule has 17 heavy (non-hydrogen) atoms. The van der Waals surface area contributed by atoms with Crippen molar-refractivity contribution in [3.05, 3.63) is 21.9 Å². The second-order valence-electron chi connectivity index (χ2n) is 3.66. The Morgan fingerprint density at radius 3 is 2.59 bits per heavy atom. The molecule has 0 saturated heterocycles. The summed E-state index contributed by atoms with van der Waals surface area (Å²) in [4.78, 5) is 23.3. The van der Waals surface area contributed by atoms with Gasteiger partial charge in [-0.25, -0.2) is 0 Å². The number of thiophene rings is 1. The van der Waals surface area contributed by atoms with Gasteiger partial charge in [-0.15, -0.1) is 23.7 Å². The molecule has 1 amide bonds. The summed E-state index contributed by atoms with van der Waals surface area (Å²) in [6, 6.07) is 1.86. The molecule has 96 valence electrons. The number of hydrogen-bond donors (Lipinski definition) is 2. The molecule has 0 bridgehead atoms. The van der Waals surface area contributed by atoms with Crippen molar-refractivity contribution in [1.82, 2.24) is 10.6 Å². The van der Waals surface area contributed by atoms with Gasteiger partial charge in [0.05, 0.1) is 4.88 Å². The first-order chi connectivity index (χ1) is 7.54. The number of ketones is 1. The third kappa shape index (κ3) is 4.85. The van der Waals surface area contributed by atoms with E-state index in [0.29, 0.717) is 17.0 Å². The summed E-state index contributed by atoms with van der Waals surface area (Å²) in [5.41, 5.74) is 0.594. The molecule has 0 aliphatic heterocycles. The van der Waals surface area contributed by atoms with Gasteiger partial charge in [-0.05, 0) is 27.0 Å². The lowest BCUT2D eigenvalue weighted by atomic mass is 10.2. The van der Waals surface area contributed by atoms with Crippen LogP contribution in [0.25, 0.3) is 0 Å². The van der Waals surface area contributed by atoms with Crippen LogP contribution in [0.2, 0.25) is 0 Å². The van der Waals surface area contributed by atoms with Gasteiger partial charge in [0.25, 0.3) is 5.91 Å². The SMILES string of the molecule is CNC(C)CNC(=O)c1cc(C(C)=O)cs1.Cl. The minimum atomic E-state index is -0.125. The number of nitrogens with one attached hydrogen (secondary N) is 2. The van der Waals surface area contributed by atoms with E-state index in [4.69, 9.17) is 0 Å². The number of halogens is 1. The highest BCUT2D eigenvalue weighted by Gasteiger charge is 2.11. The molecule has 0 spiro atoms. The zero-order chi connectivity index (χ0) is 12.1. The Labute approximate surface area is 111 Å². The maximum atomic E-state index is 11.7.